The SMILES string of the molecule is c1cc(CNCC2CCCCO2)no1. The maximum Gasteiger partial charge on any atom is 0.124 e. The summed E-state index contributed by atoms with van der Waals surface area (Å²) >= 11 is 0. The second-order valence-electron chi connectivity index (χ2n) is 3.61. The lowest BCUT2D eigenvalue weighted by Gasteiger charge is -2.22. The molecule has 14 heavy (non-hydrogen) atoms. The summed E-state index contributed by atoms with van der Waals surface area (Å²) in [6.45, 7) is 2.58. The average Bonchev–Trinajstić information content (AvgIpc) is 2.72. The van der Waals surface area contributed by atoms with Crippen LogP contribution in [0, 0.1) is 0 Å². The van der Waals surface area contributed by atoms with Gasteiger partial charge in [-0.15, -0.1) is 0 Å². The summed E-state index contributed by atoms with van der Waals surface area (Å²) in [5, 5.41) is 7.13. The molecule has 0 spiro atoms. The quantitative estimate of drug-likeness (QED) is 0.789. The van der Waals surface area contributed by atoms with Gasteiger partial charge in [-0.3, -0.25) is 0 Å². The number of ether oxygens (including phenoxy) is 1. The number of rotatable bonds is 4. The second kappa shape index (κ2) is 5.12. The molecule has 0 saturated carbocycles. The van der Waals surface area contributed by atoms with Crippen molar-refractivity contribution >= 4 is 0 Å². The molecule has 1 fully saturated rings. The summed E-state index contributed by atoms with van der Waals surface area (Å²) in [5.41, 5.74) is 0.945. The fraction of sp³-hybridized carbons (Fsp3) is 0.700. The molecule has 4 nitrogen and oxygen atoms in total. The Labute approximate surface area is 83.6 Å². The zero-order valence-corrected chi connectivity index (χ0v) is 8.24. The van der Waals surface area contributed by atoms with Crippen LogP contribution in [0.15, 0.2) is 16.9 Å². The molecule has 1 saturated heterocycles. The second-order valence-corrected chi connectivity index (χ2v) is 3.61. The van der Waals surface area contributed by atoms with Gasteiger partial charge in [-0.2, -0.15) is 0 Å². The van der Waals surface area contributed by atoms with Gasteiger partial charge < -0.3 is 14.6 Å². The van der Waals surface area contributed by atoms with Gasteiger partial charge in [0.25, 0.3) is 0 Å². The Morgan fingerprint density at radius 3 is 3.21 bits per heavy atom. The van der Waals surface area contributed by atoms with Crippen molar-refractivity contribution in [2.24, 2.45) is 0 Å². The number of nitrogens with zero attached hydrogens (tertiary/aromatic N) is 1. The van der Waals surface area contributed by atoms with E-state index < -0.39 is 0 Å². The van der Waals surface area contributed by atoms with Crippen LogP contribution in [0.1, 0.15) is 25.0 Å². The van der Waals surface area contributed by atoms with E-state index in [9.17, 15) is 0 Å². The molecule has 0 aromatic carbocycles. The molecular weight excluding hydrogens is 180 g/mol. The highest BCUT2D eigenvalue weighted by Crippen LogP contribution is 2.11. The predicted molar refractivity (Wildman–Crippen MR) is 51.8 cm³/mol. The molecule has 2 rings (SSSR count). The van der Waals surface area contributed by atoms with Crippen LogP contribution in [-0.4, -0.2) is 24.4 Å². The number of hydrogen-bond donors (Lipinski definition) is 1. The van der Waals surface area contributed by atoms with Gasteiger partial charge in [0.05, 0.1) is 11.8 Å². The van der Waals surface area contributed by atoms with Crippen LogP contribution < -0.4 is 5.32 Å². The standard InChI is InChI=1S/C10H16N2O2/c1-2-5-13-10(3-1)8-11-7-9-4-6-14-12-9/h4,6,10-11H,1-3,5,7-8H2. The van der Waals surface area contributed by atoms with Crippen molar-refractivity contribution in [3.63, 3.8) is 0 Å². The molecule has 1 unspecified atom stereocenters. The Morgan fingerprint density at radius 2 is 2.50 bits per heavy atom. The van der Waals surface area contributed by atoms with E-state index in [0.29, 0.717) is 6.10 Å². The molecule has 1 aromatic rings. The zero-order chi connectivity index (χ0) is 9.64. The van der Waals surface area contributed by atoms with E-state index in [2.05, 4.69) is 10.5 Å². The Morgan fingerprint density at radius 1 is 1.50 bits per heavy atom. The maximum atomic E-state index is 5.59. The average molecular weight is 196 g/mol. The molecule has 78 valence electrons. The molecule has 1 aliphatic rings. The normalized spacial score (nSPS) is 22.4. The van der Waals surface area contributed by atoms with Gasteiger partial charge in [0.2, 0.25) is 0 Å². The van der Waals surface area contributed by atoms with E-state index >= 15 is 0 Å². The summed E-state index contributed by atoms with van der Waals surface area (Å²) in [5.74, 6) is 0. The minimum Gasteiger partial charge on any atom is -0.377 e. The molecule has 1 atom stereocenters. The summed E-state index contributed by atoms with van der Waals surface area (Å²) in [6.07, 6.45) is 5.64. The van der Waals surface area contributed by atoms with E-state index in [1.165, 1.54) is 19.3 Å². The van der Waals surface area contributed by atoms with Gasteiger partial charge in [0.1, 0.15) is 6.26 Å². The highest BCUT2D eigenvalue weighted by Gasteiger charge is 2.12. The van der Waals surface area contributed by atoms with Crippen LogP contribution >= 0.6 is 0 Å². The number of hydrogen-bond acceptors (Lipinski definition) is 4. The summed E-state index contributed by atoms with van der Waals surface area (Å²) in [6, 6.07) is 1.87. The van der Waals surface area contributed by atoms with Crippen molar-refractivity contribution in [2.75, 3.05) is 13.2 Å². The molecular formula is C10H16N2O2. The highest BCUT2D eigenvalue weighted by molar-refractivity contribution is 4.94. The van der Waals surface area contributed by atoms with Crippen LogP contribution in [-0.2, 0) is 11.3 Å². The Balaban J connectivity index is 1.62. The fourth-order valence-corrected chi connectivity index (χ4v) is 1.66. The Kier molecular flexibility index (Phi) is 3.54. The number of nitrogens with one attached hydrogen (secondary N) is 1. The van der Waals surface area contributed by atoms with Crippen LogP contribution in [0.4, 0.5) is 0 Å². The van der Waals surface area contributed by atoms with Crippen LogP contribution in [0.3, 0.4) is 0 Å². The fourth-order valence-electron chi connectivity index (χ4n) is 1.66. The predicted octanol–water partition coefficient (Wildman–Crippen LogP) is 1.33. The van der Waals surface area contributed by atoms with Crippen molar-refractivity contribution < 1.29 is 9.26 Å². The van der Waals surface area contributed by atoms with Gasteiger partial charge >= 0.3 is 0 Å². The first-order chi connectivity index (χ1) is 6.95. The lowest BCUT2D eigenvalue weighted by Crippen LogP contribution is -2.31. The lowest BCUT2D eigenvalue weighted by molar-refractivity contribution is 0.0167. The van der Waals surface area contributed by atoms with Gasteiger partial charge in [-0.05, 0) is 19.3 Å². The van der Waals surface area contributed by atoms with Gasteiger partial charge in [-0.1, -0.05) is 5.16 Å². The molecule has 4 heteroatoms. The third-order valence-electron chi connectivity index (χ3n) is 2.44. The van der Waals surface area contributed by atoms with Crippen molar-refractivity contribution in [3.05, 3.63) is 18.0 Å². The third-order valence-corrected chi connectivity index (χ3v) is 2.44. The van der Waals surface area contributed by atoms with Gasteiger partial charge in [0.15, 0.2) is 0 Å². The first kappa shape index (κ1) is 9.68. The van der Waals surface area contributed by atoms with Crippen LogP contribution in [0.25, 0.3) is 0 Å². The smallest absolute Gasteiger partial charge is 0.124 e. The maximum absolute atomic E-state index is 5.59. The summed E-state index contributed by atoms with van der Waals surface area (Å²) in [4.78, 5) is 0. The first-order valence-electron chi connectivity index (χ1n) is 5.17. The van der Waals surface area contributed by atoms with Crippen molar-refractivity contribution in [1.29, 1.82) is 0 Å². The molecule has 1 aromatic heterocycles. The minimum atomic E-state index is 0.385. The van der Waals surface area contributed by atoms with E-state index in [-0.39, 0.29) is 0 Å². The van der Waals surface area contributed by atoms with Crippen molar-refractivity contribution in [2.45, 2.75) is 31.9 Å². The van der Waals surface area contributed by atoms with Crippen LogP contribution in [0.5, 0.6) is 0 Å². The molecule has 1 N–H and O–H groups in total. The molecule has 0 radical (unpaired) electrons. The molecule has 1 aliphatic heterocycles. The zero-order valence-electron chi connectivity index (χ0n) is 8.24. The topological polar surface area (TPSA) is 47.3 Å². The van der Waals surface area contributed by atoms with E-state index in [1.807, 2.05) is 6.07 Å². The largest absolute Gasteiger partial charge is 0.377 e. The lowest BCUT2D eigenvalue weighted by atomic mass is 10.1. The molecule has 2 heterocycles. The first-order valence-corrected chi connectivity index (χ1v) is 5.17. The highest BCUT2D eigenvalue weighted by atomic mass is 16.5. The molecule has 0 amide bonds. The number of aromatic nitrogens is 1. The van der Waals surface area contributed by atoms with Crippen LogP contribution in [0.2, 0.25) is 0 Å². The Hall–Kier alpha value is -0.870. The van der Waals surface area contributed by atoms with Crippen molar-refractivity contribution in [3.8, 4) is 0 Å². The van der Waals surface area contributed by atoms with E-state index in [4.69, 9.17) is 9.26 Å². The minimum absolute atomic E-state index is 0.385. The summed E-state index contributed by atoms with van der Waals surface area (Å²) < 4.78 is 10.3. The monoisotopic (exact) mass is 196 g/mol. The molecule has 0 bridgehead atoms. The molecule has 0 aliphatic carbocycles. The Bertz CT molecular complexity index is 243. The van der Waals surface area contributed by atoms with Gasteiger partial charge in [0, 0.05) is 25.8 Å². The summed E-state index contributed by atoms with van der Waals surface area (Å²) in [7, 11) is 0. The van der Waals surface area contributed by atoms with Crippen molar-refractivity contribution in [1.82, 2.24) is 10.5 Å². The van der Waals surface area contributed by atoms with E-state index in [1.54, 1.807) is 6.26 Å². The van der Waals surface area contributed by atoms with Gasteiger partial charge in [-0.25, -0.2) is 0 Å². The van der Waals surface area contributed by atoms with E-state index in [0.717, 1.165) is 25.4 Å². The third kappa shape index (κ3) is 2.82.